The molecule has 0 aliphatic carbocycles. The van der Waals surface area contributed by atoms with Gasteiger partial charge in [-0.15, -0.1) is 0 Å². The van der Waals surface area contributed by atoms with Gasteiger partial charge in [0.25, 0.3) is 0 Å². The fraction of sp³-hybridized carbons (Fsp3) is 0.417. The number of benzene rings is 1. The Bertz CT molecular complexity index is 462. The van der Waals surface area contributed by atoms with Crippen LogP contribution in [0.4, 0.5) is 11.4 Å². The minimum absolute atomic E-state index is 0.108. The van der Waals surface area contributed by atoms with Crippen LogP contribution in [0.1, 0.15) is 13.3 Å². The van der Waals surface area contributed by atoms with Crippen molar-refractivity contribution < 1.29 is 14.5 Å². The Labute approximate surface area is 111 Å². The molecule has 2 N–H and O–H groups in total. The van der Waals surface area contributed by atoms with Gasteiger partial charge in [0, 0.05) is 24.4 Å². The maximum absolute atomic E-state index is 11.4. The number of ether oxygens (including phenoxy) is 1. The van der Waals surface area contributed by atoms with Gasteiger partial charge in [0.15, 0.2) is 5.75 Å². The molecule has 0 fully saturated rings. The zero-order valence-corrected chi connectivity index (χ0v) is 10.9. The third-order valence-corrected chi connectivity index (χ3v) is 2.40. The number of nitro groups is 1. The van der Waals surface area contributed by atoms with E-state index in [0.29, 0.717) is 12.2 Å². The lowest BCUT2D eigenvalue weighted by atomic mass is 10.2. The molecule has 1 rings (SSSR count). The Morgan fingerprint density at radius 3 is 2.79 bits per heavy atom. The summed E-state index contributed by atoms with van der Waals surface area (Å²) < 4.78 is 4.94. The molecule has 7 nitrogen and oxygen atoms in total. The van der Waals surface area contributed by atoms with E-state index < -0.39 is 4.92 Å². The molecule has 1 aromatic carbocycles. The Kier molecular flexibility index (Phi) is 5.59. The van der Waals surface area contributed by atoms with E-state index in [0.717, 1.165) is 6.42 Å². The number of rotatable bonds is 7. The lowest BCUT2D eigenvalue weighted by Gasteiger charge is -2.08. The lowest BCUT2D eigenvalue weighted by Crippen LogP contribution is -2.30. The summed E-state index contributed by atoms with van der Waals surface area (Å²) in [4.78, 5) is 21.6. The van der Waals surface area contributed by atoms with Crippen LogP contribution in [0.15, 0.2) is 18.2 Å². The molecule has 7 heteroatoms. The van der Waals surface area contributed by atoms with E-state index in [2.05, 4.69) is 10.6 Å². The fourth-order valence-electron chi connectivity index (χ4n) is 1.45. The standard InChI is InChI=1S/C12H17N3O4/c1-3-6-13-12(16)8-14-9-4-5-10(15(17)18)11(7-9)19-2/h4-5,7,14H,3,6,8H2,1-2H3,(H,13,16). The van der Waals surface area contributed by atoms with Gasteiger partial charge in [0.1, 0.15) is 0 Å². The van der Waals surface area contributed by atoms with Crippen molar-refractivity contribution in [2.45, 2.75) is 13.3 Å². The van der Waals surface area contributed by atoms with Gasteiger partial charge < -0.3 is 15.4 Å². The summed E-state index contributed by atoms with van der Waals surface area (Å²) in [6.45, 7) is 2.71. The molecule has 0 bridgehead atoms. The number of nitro benzene ring substituents is 1. The highest BCUT2D eigenvalue weighted by molar-refractivity contribution is 5.80. The zero-order chi connectivity index (χ0) is 14.3. The predicted octanol–water partition coefficient (Wildman–Crippen LogP) is 1.54. The molecular weight excluding hydrogens is 250 g/mol. The first-order valence-electron chi connectivity index (χ1n) is 5.91. The summed E-state index contributed by atoms with van der Waals surface area (Å²) in [6, 6.07) is 4.37. The second-order valence-electron chi connectivity index (χ2n) is 3.85. The summed E-state index contributed by atoms with van der Waals surface area (Å²) >= 11 is 0. The number of carbonyl (C=O) groups is 1. The summed E-state index contributed by atoms with van der Waals surface area (Å²) in [5.74, 6) is 0.0307. The van der Waals surface area contributed by atoms with Crippen LogP contribution >= 0.6 is 0 Å². The van der Waals surface area contributed by atoms with Crippen LogP contribution in [0.3, 0.4) is 0 Å². The highest BCUT2D eigenvalue weighted by atomic mass is 16.6. The fourth-order valence-corrected chi connectivity index (χ4v) is 1.45. The Hall–Kier alpha value is -2.31. The van der Waals surface area contributed by atoms with E-state index in [-0.39, 0.29) is 23.9 Å². The first-order valence-corrected chi connectivity index (χ1v) is 5.91. The van der Waals surface area contributed by atoms with E-state index in [1.807, 2.05) is 6.92 Å². The molecule has 0 spiro atoms. The van der Waals surface area contributed by atoms with Crippen LogP contribution in [0.2, 0.25) is 0 Å². The van der Waals surface area contributed by atoms with Gasteiger partial charge in [-0.1, -0.05) is 6.92 Å². The first kappa shape index (κ1) is 14.7. The molecule has 0 radical (unpaired) electrons. The van der Waals surface area contributed by atoms with Crippen molar-refractivity contribution in [1.82, 2.24) is 5.32 Å². The Morgan fingerprint density at radius 2 is 2.21 bits per heavy atom. The van der Waals surface area contributed by atoms with Crippen LogP contribution in [0, 0.1) is 10.1 Å². The van der Waals surface area contributed by atoms with Gasteiger partial charge in [-0.2, -0.15) is 0 Å². The maximum Gasteiger partial charge on any atom is 0.311 e. The SMILES string of the molecule is CCCNC(=O)CNc1ccc([N+](=O)[O-])c(OC)c1. The lowest BCUT2D eigenvalue weighted by molar-refractivity contribution is -0.385. The second-order valence-corrected chi connectivity index (χ2v) is 3.85. The minimum Gasteiger partial charge on any atom is -0.490 e. The summed E-state index contributed by atoms with van der Waals surface area (Å²) in [5.41, 5.74) is 0.484. The van der Waals surface area contributed by atoms with Crippen LogP contribution < -0.4 is 15.4 Å². The van der Waals surface area contributed by atoms with Crippen molar-refractivity contribution in [1.29, 1.82) is 0 Å². The van der Waals surface area contributed by atoms with E-state index >= 15 is 0 Å². The molecule has 1 aromatic rings. The smallest absolute Gasteiger partial charge is 0.311 e. The Balaban J connectivity index is 2.65. The number of hydrogen-bond donors (Lipinski definition) is 2. The molecule has 0 saturated carbocycles. The average Bonchev–Trinajstić information content (AvgIpc) is 2.42. The van der Waals surface area contributed by atoms with Crippen molar-refractivity contribution in [3.05, 3.63) is 28.3 Å². The van der Waals surface area contributed by atoms with Gasteiger partial charge >= 0.3 is 5.69 Å². The molecule has 0 atom stereocenters. The quantitative estimate of drug-likeness (QED) is 0.577. The van der Waals surface area contributed by atoms with Gasteiger partial charge in [-0.05, 0) is 12.5 Å². The van der Waals surface area contributed by atoms with Crippen molar-refractivity contribution in [3.63, 3.8) is 0 Å². The predicted molar refractivity (Wildman–Crippen MR) is 71.4 cm³/mol. The van der Waals surface area contributed by atoms with E-state index in [4.69, 9.17) is 4.74 Å². The Morgan fingerprint density at radius 1 is 1.47 bits per heavy atom. The third kappa shape index (κ3) is 4.46. The topological polar surface area (TPSA) is 93.5 Å². The van der Waals surface area contributed by atoms with Gasteiger partial charge in [0.05, 0.1) is 18.6 Å². The molecule has 0 saturated heterocycles. The van der Waals surface area contributed by atoms with Crippen molar-refractivity contribution in [3.8, 4) is 5.75 Å². The molecule has 0 aliphatic rings. The van der Waals surface area contributed by atoms with Crippen LogP contribution in [0.25, 0.3) is 0 Å². The monoisotopic (exact) mass is 267 g/mol. The summed E-state index contributed by atoms with van der Waals surface area (Å²) in [5, 5.41) is 16.3. The molecule has 19 heavy (non-hydrogen) atoms. The first-order chi connectivity index (χ1) is 9.08. The largest absolute Gasteiger partial charge is 0.490 e. The molecular formula is C12H17N3O4. The van der Waals surface area contributed by atoms with E-state index in [9.17, 15) is 14.9 Å². The van der Waals surface area contributed by atoms with Crippen LogP contribution in [-0.4, -0.2) is 31.0 Å². The molecule has 0 aliphatic heterocycles. The highest BCUT2D eigenvalue weighted by Crippen LogP contribution is 2.29. The molecule has 0 heterocycles. The van der Waals surface area contributed by atoms with E-state index in [1.54, 1.807) is 0 Å². The summed E-state index contributed by atoms with van der Waals surface area (Å²) in [6.07, 6.45) is 0.872. The maximum atomic E-state index is 11.4. The number of methoxy groups -OCH3 is 1. The van der Waals surface area contributed by atoms with Gasteiger partial charge in [-0.3, -0.25) is 14.9 Å². The molecule has 0 unspecified atom stereocenters. The number of nitrogens with zero attached hydrogens (tertiary/aromatic N) is 1. The number of amides is 1. The second kappa shape index (κ2) is 7.20. The average molecular weight is 267 g/mol. The van der Waals surface area contributed by atoms with Crippen molar-refractivity contribution >= 4 is 17.3 Å². The van der Waals surface area contributed by atoms with Gasteiger partial charge in [0.2, 0.25) is 5.91 Å². The zero-order valence-electron chi connectivity index (χ0n) is 10.9. The van der Waals surface area contributed by atoms with Crippen molar-refractivity contribution in [2.75, 3.05) is 25.5 Å². The van der Waals surface area contributed by atoms with Crippen molar-refractivity contribution in [2.24, 2.45) is 0 Å². The van der Waals surface area contributed by atoms with Gasteiger partial charge in [-0.25, -0.2) is 0 Å². The molecule has 104 valence electrons. The number of anilines is 1. The van der Waals surface area contributed by atoms with Crippen LogP contribution in [0.5, 0.6) is 5.75 Å². The number of nitrogens with one attached hydrogen (secondary N) is 2. The van der Waals surface area contributed by atoms with E-state index in [1.165, 1.54) is 25.3 Å². The van der Waals surface area contributed by atoms with Crippen LogP contribution in [-0.2, 0) is 4.79 Å². The molecule has 0 aromatic heterocycles. The highest BCUT2D eigenvalue weighted by Gasteiger charge is 2.14. The third-order valence-electron chi connectivity index (χ3n) is 2.40. The molecule has 1 amide bonds. The summed E-state index contributed by atoms with van der Waals surface area (Å²) in [7, 11) is 1.36. The number of carbonyl (C=O) groups excluding carboxylic acids is 1. The number of hydrogen-bond acceptors (Lipinski definition) is 5. The minimum atomic E-state index is -0.517. The normalized spacial score (nSPS) is 9.79.